The number of hydrogen-bond donors (Lipinski definition) is 1. The zero-order valence-electron chi connectivity index (χ0n) is 18.8. The Morgan fingerprint density at radius 3 is 2.53 bits per heavy atom. The summed E-state index contributed by atoms with van der Waals surface area (Å²) in [5.41, 5.74) is 1.20. The van der Waals surface area contributed by atoms with Gasteiger partial charge < -0.3 is 14.3 Å². The summed E-state index contributed by atoms with van der Waals surface area (Å²) in [6, 6.07) is 14.6. The average molecular weight is 521 g/mol. The average Bonchev–Trinajstić information content (AvgIpc) is 3.15. The molecule has 8 heteroatoms. The van der Waals surface area contributed by atoms with Crippen molar-refractivity contribution in [2.24, 2.45) is 0 Å². The van der Waals surface area contributed by atoms with Crippen LogP contribution in [0.25, 0.3) is 11.0 Å². The molecule has 34 heavy (non-hydrogen) atoms. The van der Waals surface area contributed by atoms with Gasteiger partial charge in [0.15, 0.2) is 5.76 Å². The van der Waals surface area contributed by atoms with Crippen LogP contribution >= 0.6 is 15.9 Å². The Kier molecular flexibility index (Phi) is 6.31. The molecule has 0 unspecified atom stereocenters. The first kappa shape index (κ1) is 23.3. The second kappa shape index (κ2) is 9.20. The van der Waals surface area contributed by atoms with Crippen molar-refractivity contribution in [2.45, 2.75) is 26.8 Å². The van der Waals surface area contributed by atoms with Gasteiger partial charge in [-0.25, -0.2) is 0 Å². The molecule has 7 nitrogen and oxygen atoms in total. The number of ether oxygens (including phenoxy) is 1. The Morgan fingerprint density at radius 2 is 1.88 bits per heavy atom. The molecule has 0 aliphatic heterocycles. The lowest BCUT2D eigenvalue weighted by molar-refractivity contribution is 0.101. The zero-order chi connectivity index (χ0) is 24.6. The van der Waals surface area contributed by atoms with Crippen LogP contribution in [0.2, 0.25) is 0 Å². The number of carbonyl (C=O) groups excluding carboxylic acids is 1. The maximum absolute atomic E-state index is 13.5. The number of fused-ring (bicyclic) bond motifs is 1. The number of aromatic nitrogens is 1. The summed E-state index contributed by atoms with van der Waals surface area (Å²) >= 11 is 3.41. The quantitative estimate of drug-likeness (QED) is 0.357. The maximum Gasteiger partial charge on any atom is 0.271 e. The number of hydrogen-bond acceptors (Lipinski definition) is 6. The number of nitriles is 1. The predicted molar refractivity (Wildman–Crippen MR) is 131 cm³/mol. The van der Waals surface area contributed by atoms with Crippen molar-refractivity contribution < 1.29 is 19.1 Å². The molecule has 2 aromatic heterocycles. The summed E-state index contributed by atoms with van der Waals surface area (Å²) in [4.78, 5) is 26.5. The van der Waals surface area contributed by atoms with Crippen molar-refractivity contribution in [1.29, 1.82) is 5.26 Å². The molecule has 2 aromatic carbocycles. The van der Waals surface area contributed by atoms with Gasteiger partial charge in [0.2, 0.25) is 11.7 Å². The van der Waals surface area contributed by atoms with Crippen LogP contribution in [0.5, 0.6) is 11.6 Å². The van der Waals surface area contributed by atoms with E-state index in [1.165, 1.54) is 6.92 Å². The van der Waals surface area contributed by atoms with Crippen LogP contribution in [0.1, 0.15) is 38.4 Å². The van der Waals surface area contributed by atoms with Crippen molar-refractivity contribution in [3.8, 4) is 17.7 Å². The fourth-order valence-electron chi connectivity index (χ4n) is 3.99. The standard InChI is InChI=1S/C26H21BrN2O5/c1-14-20(13-28)25(31)29(11-10-16-4-7-18(33-3)8-5-16)26(32)22(14)23(30)24-15(2)19-12-17(27)6-9-21(19)34-24/h4-9,12,32H,10-11H2,1-3H3. The first-order valence-corrected chi connectivity index (χ1v) is 11.3. The second-order valence-corrected chi connectivity index (χ2v) is 8.81. The van der Waals surface area contributed by atoms with Gasteiger partial charge >= 0.3 is 0 Å². The molecule has 0 spiro atoms. The number of aryl methyl sites for hydroxylation is 2. The van der Waals surface area contributed by atoms with E-state index in [1.807, 2.05) is 24.3 Å². The number of nitrogens with zero attached hydrogens (tertiary/aromatic N) is 2. The van der Waals surface area contributed by atoms with E-state index in [2.05, 4.69) is 15.9 Å². The molecule has 2 heterocycles. The lowest BCUT2D eigenvalue weighted by Crippen LogP contribution is -2.27. The Labute approximate surface area is 203 Å². The topological polar surface area (TPSA) is 105 Å². The highest BCUT2D eigenvalue weighted by molar-refractivity contribution is 9.10. The van der Waals surface area contributed by atoms with Crippen LogP contribution in [0.15, 0.2) is 56.1 Å². The van der Waals surface area contributed by atoms with Crippen molar-refractivity contribution >= 4 is 32.7 Å². The number of methoxy groups -OCH3 is 1. The third kappa shape index (κ3) is 3.99. The van der Waals surface area contributed by atoms with Crippen molar-refractivity contribution in [1.82, 2.24) is 4.57 Å². The lowest BCUT2D eigenvalue weighted by atomic mass is 9.98. The second-order valence-electron chi connectivity index (χ2n) is 7.89. The van der Waals surface area contributed by atoms with Crippen molar-refractivity contribution in [3.63, 3.8) is 0 Å². The molecule has 0 atom stereocenters. The Hall–Kier alpha value is -3.83. The molecule has 1 N–H and O–H groups in total. The SMILES string of the molecule is COc1ccc(CCn2c(O)c(C(=O)c3oc4ccc(Br)cc4c3C)c(C)c(C#N)c2=O)cc1. The number of furan rings is 1. The number of ketones is 1. The number of rotatable bonds is 6. The highest BCUT2D eigenvalue weighted by atomic mass is 79.9. The zero-order valence-corrected chi connectivity index (χ0v) is 20.4. The normalized spacial score (nSPS) is 10.9. The minimum atomic E-state index is -0.646. The van der Waals surface area contributed by atoms with E-state index >= 15 is 0 Å². The maximum atomic E-state index is 13.5. The number of halogens is 1. The molecule has 0 aliphatic rings. The molecule has 0 radical (unpaired) electrons. The Balaban J connectivity index is 1.80. The van der Waals surface area contributed by atoms with Gasteiger partial charge in [-0.15, -0.1) is 0 Å². The van der Waals surface area contributed by atoms with Crippen LogP contribution < -0.4 is 10.3 Å². The summed E-state index contributed by atoms with van der Waals surface area (Å²) in [6.45, 7) is 3.32. The molecule has 0 bridgehead atoms. The molecular weight excluding hydrogens is 500 g/mol. The molecule has 172 valence electrons. The first-order valence-electron chi connectivity index (χ1n) is 10.5. The van der Waals surface area contributed by atoms with E-state index < -0.39 is 17.2 Å². The van der Waals surface area contributed by atoms with Gasteiger partial charge in [-0.1, -0.05) is 28.1 Å². The molecule has 0 fully saturated rings. The van der Waals surface area contributed by atoms with Gasteiger partial charge in [0, 0.05) is 22.0 Å². The third-order valence-electron chi connectivity index (χ3n) is 5.91. The van der Waals surface area contributed by atoms with Crippen LogP contribution in [-0.4, -0.2) is 22.6 Å². The van der Waals surface area contributed by atoms with E-state index in [4.69, 9.17) is 9.15 Å². The highest BCUT2D eigenvalue weighted by Gasteiger charge is 2.28. The van der Waals surface area contributed by atoms with Crippen LogP contribution in [0.3, 0.4) is 0 Å². The molecular formula is C26H21BrN2O5. The fraction of sp³-hybridized carbons (Fsp3) is 0.192. The third-order valence-corrected chi connectivity index (χ3v) is 6.41. The Morgan fingerprint density at radius 1 is 1.18 bits per heavy atom. The van der Waals surface area contributed by atoms with Gasteiger partial charge in [-0.3, -0.25) is 14.2 Å². The first-order chi connectivity index (χ1) is 16.3. The largest absolute Gasteiger partial charge is 0.497 e. The number of carbonyl (C=O) groups is 1. The van der Waals surface area contributed by atoms with Gasteiger partial charge in [-0.2, -0.15) is 5.26 Å². The molecule has 0 saturated carbocycles. The monoisotopic (exact) mass is 520 g/mol. The fourth-order valence-corrected chi connectivity index (χ4v) is 4.35. The van der Waals surface area contributed by atoms with Crippen LogP contribution in [0, 0.1) is 25.2 Å². The minimum absolute atomic E-state index is 0.0516. The number of pyridine rings is 1. The van der Waals surface area contributed by atoms with Gasteiger partial charge in [-0.05, 0) is 61.7 Å². The summed E-state index contributed by atoms with van der Waals surface area (Å²) in [5, 5.41) is 21.4. The minimum Gasteiger partial charge on any atom is -0.497 e. The van der Waals surface area contributed by atoms with E-state index in [0.717, 1.165) is 20.0 Å². The van der Waals surface area contributed by atoms with E-state index in [9.17, 15) is 20.0 Å². The van der Waals surface area contributed by atoms with E-state index in [-0.39, 0.29) is 29.0 Å². The molecule has 4 rings (SSSR count). The van der Waals surface area contributed by atoms with Crippen LogP contribution in [0.4, 0.5) is 0 Å². The summed E-state index contributed by atoms with van der Waals surface area (Å²) in [5.74, 6) is -0.321. The number of benzene rings is 2. The lowest BCUT2D eigenvalue weighted by Gasteiger charge is -2.15. The predicted octanol–water partition coefficient (Wildman–Crippen LogP) is 5.03. The summed E-state index contributed by atoms with van der Waals surface area (Å²) in [6.07, 6.45) is 0.400. The number of aromatic hydroxyl groups is 1. The van der Waals surface area contributed by atoms with Crippen LogP contribution in [-0.2, 0) is 13.0 Å². The van der Waals surface area contributed by atoms with Gasteiger partial charge in [0.25, 0.3) is 5.56 Å². The van der Waals surface area contributed by atoms with Gasteiger partial charge in [0.1, 0.15) is 23.0 Å². The molecule has 0 aliphatic carbocycles. The Bertz CT molecular complexity index is 1520. The molecule has 4 aromatic rings. The summed E-state index contributed by atoms with van der Waals surface area (Å²) < 4.78 is 12.9. The van der Waals surface area contributed by atoms with E-state index in [1.54, 1.807) is 38.3 Å². The van der Waals surface area contributed by atoms with E-state index in [0.29, 0.717) is 23.3 Å². The smallest absolute Gasteiger partial charge is 0.271 e. The van der Waals surface area contributed by atoms with Crippen molar-refractivity contribution in [2.75, 3.05) is 7.11 Å². The molecule has 0 amide bonds. The summed E-state index contributed by atoms with van der Waals surface area (Å²) in [7, 11) is 1.57. The molecule has 0 saturated heterocycles. The van der Waals surface area contributed by atoms with Crippen molar-refractivity contribution in [3.05, 3.63) is 90.9 Å². The van der Waals surface area contributed by atoms with Gasteiger partial charge in [0.05, 0.1) is 12.7 Å². The highest BCUT2D eigenvalue weighted by Crippen LogP contribution is 2.32.